The summed E-state index contributed by atoms with van der Waals surface area (Å²) in [5.74, 6) is 1.67. The Hall–Kier alpha value is -0.330. The quantitative estimate of drug-likeness (QED) is 0.707. The lowest BCUT2D eigenvalue weighted by Gasteiger charge is -2.22. The number of aliphatic hydroxyl groups is 1. The van der Waals surface area contributed by atoms with E-state index in [2.05, 4.69) is 37.2 Å². The fourth-order valence-corrected chi connectivity index (χ4v) is 2.93. The van der Waals surface area contributed by atoms with E-state index >= 15 is 0 Å². The molecule has 1 aromatic carbocycles. The molecule has 0 aliphatic carbocycles. The third kappa shape index (κ3) is 5.11. The number of aliphatic hydroxyl groups excluding tert-OH is 1. The molecule has 0 atom stereocenters. The minimum absolute atomic E-state index is 0. The molecule has 0 amide bonds. The van der Waals surface area contributed by atoms with Gasteiger partial charge in [-0.05, 0) is 60.1 Å². The highest BCUT2D eigenvalue weighted by Crippen LogP contribution is 2.31. The molecule has 2 N–H and O–H groups in total. The predicted molar refractivity (Wildman–Crippen MR) is 94.8 cm³/mol. The highest BCUT2D eigenvalue weighted by Gasteiger charge is 2.16. The van der Waals surface area contributed by atoms with Crippen LogP contribution in [0.3, 0.4) is 0 Å². The monoisotopic (exact) mass is 437 g/mol. The normalized spacial score (nSPS) is 11.3. The lowest BCUT2D eigenvalue weighted by Crippen LogP contribution is -2.41. The Morgan fingerprint density at radius 3 is 2.52 bits per heavy atom. The van der Waals surface area contributed by atoms with Gasteiger partial charge in [-0.15, -0.1) is 12.4 Å². The highest BCUT2D eigenvalue weighted by molar-refractivity contribution is 9.11. The number of rotatable bonds is 5. The van der Waals surface area contributed by atoms with E-state index in [9.17, 15) is 5.11 Å². The van der Waals surface area contributed by atoms with E-state index in [0.717, 1.165) is 26.0 Å². The molecule has 0 radical (unpaired) electrons. The third-order valence-corrected chi connectivity index (χ3v) is 4.14. The van der Waals surface area contributed by atoms with Gasteiger partial charge in [0, 0.05) is 20.0 Å². The summed E-state index contributed by atoms with van der Waals surface area (Å²) in [4.78, 5) is 0. The average Bonchev–Trinajstić information content (AvgIpc) is 2.85. The molecule has 1 heterocycles. The maximum absolute atomic E-state index is 9.21. The van der Waals surface area contributed by atoms with Crippen molar-refractivity contribution in [3.8, 4) is 11.3 Å². The molecule has 116 valence electrons. The van der Waals surface area contributed by atoms with E-state index in [1.807, 2.05) is 44.2 Å². The molecule has 0 fully saturated rings. The first kappa shape index (κ1) is 18.7. The molecule has 0 unspecified atom stereocenters. The van der Waals surface area contributed by atoms with Gasteiger partial charge in [0.1, 0.15) is 11.5 Å². The van der Waals surface area contributed by atoms with Crippen LogP contribution in [-0.2, 0) is 6.54 Å². The molecule has 21 heavy (non-hydrogen) atoms. The van der Waals surface area contributed by atoms with Gasteiger partial charge in [0.05, 0.1) is 13.2 Å². The van der Waals surface area contributed by atoms with E-state index in [1.165, 1.54) is 0 Å². The van der Waals surface area contributed by atoms with Crippen molar-refractivity contribution in [2.45, 2.75) is 25.9 Å². The second-order valence-electron chi connectivity index (χ2n) is 5.29. The Morgan fingerprint density at radius 2 is 1.90 bits per heavy atom. The van der Waals surface area contributed by atoms with Gasteiger partial charge in [-0.1, -0.05) is 15.9 Å². The molecule has 3 nitrogen and oxygen atoms in total. The molecule has 0 aliphatic rings. The van der Waals surface area contributed by atoms with Crippen LogP contribution in [0.4, 0.5) is 0 Å². The summed E-state index contributed by atoms with van der Waals surface area (Å²) in [6.45, 7) is 4.56. The van der Waals surface area contributed by atoms with Gasteiger partial charge in [-0.2, -0.15) is 0 Å². The van der Waals surface area contributed by atoms with Crippen LogP contribution >= 0.6 is 44.3 Å². The lowest BCUT2D eigenvalue weighted by molar-refractivity contribution is 0.184. The van der Waals surface area contributed by atoms with E-state index < -0.39 is 0 Å². The maximum atomic E-state index is 9.21. The van der Waals surface area contributed by atoms with Crippen LogP contribution in [0.1, 0.15) is 19.6 Å². The first-order valence-corrected chi connectivity index (χ1v) is 7.90. The first-order chi connectivity index (χ1) is 9.41. The van der Waals surface area contributed by atoms with Crippen LogP contribution in [0.2, 0.25) is 0 Å². The Labute approximate surface area is 147 Å². The molecule has 0 saturated carbocycles. The largest absolute Gasteiger partial charge is 0.460 e. The van der Waals surface area contributed by atoms with Crippen LogP contribution < -0.4 is 5.32 Å². The van der Waals surface area contributed by atoms with E-state index in [-0.39, 0.29) is 24.6 Å². The summed E-state index contributed by atoms with van der Waals surface area (Å²) in [5.41, 5.74) is 0.700. The minimum atomic E-state index is -0.314. The SMILES string of the molecule is CC(C)(CO)NCc1ccc(-c2ccc(Br)cc2Br)o1.Cl. The maximum Gasteiger partial charge on any atom is 0.135 e. The smallest absolute Gasteiger partial charge is 0.135 e. The second kappa shape index (κ2) is 7.79. The van der Waals surface area contributed by atoms with Crippen molar-refractivity contribution in [3.05, 3.63) is 45.0 Å². The summed E-state index contributed by atoms with van der Waals surface area (Å²) < 4.78 is 7.84. The van der Waals surface area contributed by atoms with Crippen molar-refractivity contribution in [1.82, 2.24) is 5.32 Å². The van der Waals surface area contributed by atoms with E-state index in [0.29, 0.717) is 6.54 Å². The fraction of sp³-hybridized carbons (Fsp3) is 0.333. The fourth-order valence-electron chi connectivity index (χ4n) is 1.69. The molecule has 0 spiro atoms. The zero-order chi connectivity index (χ0) is 14.8. The Morgan fingerprint density at radius 1 is 1.19 bits per heavy atom. The van der Waals surface area contributed by atoms with Gasteiger partial charge in [0.15, 0.2) is 0 Å². The summed E-state index contributed by atoms with van der Waals surface area (Å²) in [7, 11) is 0. The summed E-state index contributed by atoms with van der Waals surface area (Å²) >= 11 is 6.97. The lowest BCUT2D eigenvalue weighted by atomic mass is 10.1. The summed E-state index contributed by atoms with van der Waals surface area (Å²) in [5, 5.41) is 12.5. The van der Waals surface area contributed by atoms with E-state index in [4.69, 9.17) is 4.42 Å². The molecule has 0 aliphatic heterocycles. The van der Waals surface area contributed by atoms with Gasteiger partial charge in [0.25, 0.3) is 0 Å². The Bertz CT molecular complexity index is 599. The zero-order valence-electron chi connectivity index (χ0n) is 11.8. The topological polar surface area (TPSA) is 45.4 Å². The molecule has 2 rings (SSSR count). The van der Waals surface area contributed by atoms with Crippen LogP contribution in [0.15, 0.2) is 43.7 Å². The first-order valence-electron chi connectivity index (χ1n) is 6.31. The summed E-state index contributed by atoms with van der Waals surface area (Å²) in [6, 6.07) is 9.88. The van der Waals surface area contributed by atoms with E-state index in [1.54, 1.807) is 0 Å². The molecule has 0 bridgehead atoms. The number of hydrogen-bond acceptors (Lipinski definition) is 3. The third-order valence-electron chi connectivity index (χ3n) is 2.99. The number of halogens is 3. The van der Waals surface area contributed by atoms with Crippen molar-refractivity contribution in [2.75, 3.05) is 6.61 Å². The molecule has 1 aromatic heterocycles. The summed E-state index contributed by atoms with van der Waals surface area (Å²) in [6.07, 6.45) is 0. The standard InChI is InChI=1S/C15H17Br2NO2.ClH/c1-15(2,9-19)18-8-11-4-6-14(20-11)12-5-3-10(16)7-13(12)17;/h3-7,18-19H,8-9H2,1-2H3;1H. The molecular formula is C15H18Br2ClNO2. The van der Waals surface area contributed by atoms with Gasteiger partial charge in [-0.3, -0.25) is 0 Å². The van der Waals surface area contributed by atoms with Crippen molar-refractivity contribution in [1.29, 1.82) is 0 Å². The molecule has 2 aromatic rings. The van der Waals surface area contributed by atoms with Crippen molar-refractivity contribution in [2.24, 2.45) is 0 Å². The van der Waals surface area contributed by atoms with Crippen molar-refractivity contribution < 1.29 is 9.52 Å². The Balaban J connectivity index is 0.00000220. The van der Waals surface area contributed by atoms with Crippen molar-refractivity contribution >= 4 is 44.3 Å². The van der Waals surface area contributed by atoms with Crippen LogP contribution in [0.5, 0.6) is 0 Å². The van der Waals surface area contributed by atoms with Gasteiger partial charge >= 0.3 is 0 Å². The van der Waals surface area contributed by atoms with Gasteiger partial charge in [-0.25, -0.2) is 0 Å². The zero-order valence-corrected chi connectivity index (χ0v) is 15.8. The van der Waals surface area contributed by atoms with Gasteiger partial charge in [0.2, 0.25) is 0 Å². The van der Waals surface area contributed by atoms with Crippen LogP contribution in [-0.4, -0.2) is 17.3 Å². The average molecular weight is 440 g/mol. The highest BCUT2D eigenvalue weighted by atomic mass is 79.9. The van der Waals surface area contributed by atoms with Gasteiger partial charge < -0.3 is 14.8 Å². The molecule has 0 saturated heterocycles. The van der Waals surface area contributed by atoms with Crippen LogP contribution in [0, 0.1) is 0 Å². The minimum Gasteiger partial charge on any atom is -0.460 e. The second-order valence-corrected chi connectivity index (χ2v) is 7.06. The van der Waals surface area contributed by atoms with Crippen molar-refractivity contribution in [3.63, 3.8) is 0 Å². The number of hydrogen-bond donors (Lipinski definition) is 2. The number of benzene rings is 1. The molecular weight excluding hydrogens is 421 g/mol. The van der Waals surface area contributed by atoms with Crippen LogP contribution in [0.25, 0.3) is 11.3 Å². The number of furan rings is 1. The predicted octanol–water partition coefficient (Wildman–Crippen LogP) is 4.75. The molecule has 6 heteroatoms. The Kier molecular flexibility index (Phi) is 6.94. The number of nitrogens with one attached hydrogen (secondary N) is 1.